The van der Waals surface area contributed by atoms with Gasteiger partial charge in [-0.3, -0.25) is 0 Å². The van der Waals surface area contributed by atoms with Crippen molar-refractivity contribution >= 4 is 10.0 Å². The van der Waals surface area contributed by atoms with Crippen LogP contribution in [0.15, 0.2) is 29.2 Å². The summed E-state index contributed by atoms with van der Waals surface area (Å²) >= 11 is 0. The summed E-state index contributed by atoms with van der Waals surface area (Å²) in [5.74, 6) is 0. The van der Waals surface area contributed by atoms with E-state index in [9.17, 15) is 13.5 Å². The van der Waals surface area contributed by atoms with Gasteiger partial charge in [-0.05, 0) is 44.7 Å². The number of rotatable bonds is 3. The van der Waals surface area contributed by atoms with E-state index in [-0.39, 0.29) is 6.04 Å². The predicted octanol–water partition coefficient (Wildman–Crippen LogP) is 2.06. The molecule has 0 bridgehead atoms. The molecule has 1 unspecified atom stereocenters. The second kappa shape index (κ2) is 4.83. The molecule has 1 aliphatic carbocycles. The van der Waals surface area contributed by atoms with E-state index < -0.39 is 15.6 Å². The lowest BCUT2D eigenvalue weighted by molar-refractivity contribution is 0.0482. The second-order valence-corrected chi connectivity index (χ2v) is 7.93. The lowest BCUT2D eigenvalue weighted by Crippen LogP contribution is -2.50. The zero-order valence-corrected chi connectivity index (χ0v) is 12.6. The monoisotopic (exact) mass is 295 g/mol. The molecule has 0 radical (unpaired) electrons. The van der Waals surface area contributed by atoms with Crippen LogP contribution >= 0.6 is 0 Å². The summed E-state index contributed by atoms with van der Waals surface area (Å²) in [5.41, 5.74) is 0.262. The molecule has 0 amide bonds. The molecule has 2 fully saturated rings. The van der Waals surface area contributed by atoms with Crippen molar-refractivity contribution in [2.75, 3.05) is 6.54 Å². The van der Waals surface area contributed by atoms with E-state index in [1.54, 1.807) is 12.1 Å². The van der Waals surface area contributed by atoms with E-state index in [1.165, 1.54) is 4.31 Å². The summed E-state index contributed by atoms with van der Waals surface area (Å²) in [6, 6.07) is 6.71. The third-order valence-electron chi connectivity index (χ3n) is 4.46. The van der Waals surface area contributed by atoms with Gasteiger partial charge in [-0.1, -0.05) is 24.1 Å². The Morgan fingerprint density at radius 1 is 1.20 bits per heavy atom. The Morgan fingerprint density at radius 2 is 1.85 bits per heavy atom. The minimum atomic E-state index is -3.50. The molecule has 1 N–H and O–H groups in total. The molecule has 0 aromatic heterocycles. The van der Waals surface area contributed by atoms with Gasteiger partial charge in [-0.2, -0.15) is 4.31 Å². The smallest absolute Gasteiger partial charge is 0.243 e. The van der Waals surface area contributed by atoms with Crippen molar-refractivity contribution in [3.8, 4) is 0 Å². The fourth-order valence-corrected chi connectivity index (χ4v) is 4.79. The van der Waals surface area contributed by atoms with Crippen molar-refractivity contribution in [1.29, 1.82) is 0 Å². The first-order valence-corrected chi connectivity index (χ1v) is 8.68. The van der Waals surface area contributed by atoms with Gasteiger partial charge in [-0.25, -0.2) is 8.42 Å². The Balaban J connectivity index is 1.94. The molecule has 1 aromatic rings. The van der Waals surface area contributed by atoms with Gasteiger partial charge in [0, 0.05) is 6.54 Å². The minimum absolute atomic E-state index is 0.248. The van der Waals surface area contributed by atoms with Crippen LogP contribution in [0.2, 0.25) is 0 Å². The van der Waals surface area contributed by atoms with E-state index in [2.05, 4.69) is 0 Å². The first-order valence-electron chi connectivity index (χ1n) is 7.24. The van der Waals surface area contributed by atoms with Crippen LogP contribution in [0.5, 0.6) is 0 Å². The molecule has 1 heterocycles. The number of hydrogen-bond donors (Lipinski definition) is 1. The van der Waals surface area contributed by atoms with Crippen LogP contribution in [0.1, 0.15) is 37.7 Å². The molecular weight excluding hydrogens is 274 g/mol. The summed E-state index contributed by atoms with van der Waals surface area (Å²) in [6.07, 6.45) is 4.07. The quantitative estimate of drug-likeness (QED) is 0.928. The highest BCUT2D eigenvalue weighted by Gasteiger charge is 2.53. The van der Waals surface area contributed by atoms with Gasteiger partial charge >= 0.3 is 0 Å². The molecule has 20 heavy (non-hydrogen) atoms. The number of nitrogens with zero attached hydrogens (tertiary/aromatic N) is 1. The Morgan fingerprint density at radius 3 is 2.45 bits per heavy atom. The molecular formula is C15H21NO3S. The van der Waals surface area contributed by atoms with Gasteiger partial charge in [0.25, 0.3) is 0 Å². The lowest BCUT2D eigenvalue weighted by atomic mass is 9.98. The third-order valence-corrected chi connectivity index (χ3v) is 6.39. The van der Waals surface area contributed by atoms with E-state index in [4.69, 9.17) is 0 Å². The van der Waals surface area contributed by atoms with Crippen LogP contribution in [0.3, 0.4) is 0 Å². The summed E-state index contributed by atoms with van der Waals surface area (Å²) < 4.78 is 27.1. The summed E-state index contributed by atoms with van der Waals surface area (Å²) in [6.45, 7) is 2.45. The van der Waals surface area contributed by atoms with Gasteiger partial charge in [-0.15, -0.1) is 0 Å². The number of aliphatic hydroxyl groups is 1. The average Bonchev–Trinajstić information content (AvgIpc) is 3.19. The Hall–Kier alpha value is -0.910. The van der Waals surface area contributed by atoms with Crippen molar-refractivity contribution in [2.24, 2.45) is 0 Å². The van der Waals surface area contributed by atoms with Crippen molar-refractivity contribution in [1.82, 2.24) is 4.31 Å². The largest absolute Gasteiger partial charge is 0.388 e. The lowest BCUT2D eigenvalue weighted by Gasteiger charge is -2.37. The van der Waals surface area contributed by atoms with Crippen LogP contribution in [0, 0.1) is 6.92 Å². The average molecular weight is 295 g/mol. The molecule has 110 valence electrons. The fourth-order valence-electron chi connectivity index (χ4n) is 3.04. The molecule has 2 aliphatic rings. The number of sulfonamides is 1. The zero-order chi connectivity index (χ0) is 14.4. The standard InChI is InChI=1S/C15H21NO3S/c1-12-5-7-13(8-6-12)20(18,19)16-11-3-2-4-14(16)15(17)9-10-15/h5-8,14,17H,2-4,9-11H2,1H3. The van der Waals surface area contributed by atoms with E-state index in [0.717, 1.165) is 37.7 Å². The molecule has 1 saturated carbocycles. The molecule has 1 saturated heterocycles. The zero-order valence-electron chi connectivity index (χ0n) is 11.7. The van der Waals surface area contributed by atoms with Crippen LogP contribution in [0.25, 0.3) is 0 Å². The van der Waals surface area contributed by atoms with Gasteiger partial charge in [0.1, 0.15) is 0 Å². The van der Waals surface area contributed by atoms with Crippen LogP contribution in [-0.2, 0) is 10.0 Å². The maximum absolute atomic E-state index is 12.8. The number of aryl methyl sites for hydroxylation is 1. The Bertz CT molecular complexity index is 590. The van der Waals surface area contributed by atoms with Crippen LogP contribution < -0.4 is 0 Å². The Kier molecular flexibility index (Phi) is 3.39. The molecule has 1 atom stereocenters. The molecule has 5 heteroatoms. The highest BCUT2D eigenvalue weighted by molar-refractivity contribution is 7.89. The maximum Gasteiger partial charge on any atom is 0.243 e. The normalized spacial score (nSPS) is 26.4. The Labute approximate surface area is 120 Å². The van der Waals surface area contributed by atoms with Gasteiger partial charge < -0.3 is 5.11 Å². The molecule has 3 rings (SSSR count). The fraction of sp³-hybridized carbons (Fsp3) is 0.600. The van der Waals surface area contributed by atoms with E-state index in [1.807, 2.05) is 19.1 Å². The van der Waals surface area contributed by atoms with Crippen LogP contribution in [-0.4, -0.2) is 36.0 Å². The van der Waals surface area contributed by atoms with Gasteiger partial charge in [0.05, 0.1) is 16.5 Å². The minimum Gasteiger partial charge on any atom is -0.388 e. The SMILES string of the molecule is Cc1ccc(S(=O)(=O)N2CCCCC2C2(O)CC2)cc1. The van der Waals surface area contributed by atoms with Crippen molar-refractivity contribution in [3.05, 3.63) is 29.8 Å². The predicted molar refractivity (Wildman–Crippen MR) is 76.9 cm³/mol. The second-order valence-electron chi connectivity index (χ2n) is 6.04. The topological polar surface area (TPSA) is 57.6 Å². The molecule has 1 aromatic carbocycles. The third kappa shape index (κ3) is 2.38. The first-order chi connectivity index (χ1) is 9.43. The maximum atomic E-state index is 12.8. The van der Waals surface area contributed by atoms with Crippen LogP contribution in [0.4, 0.5) is 0 Å². The van der Waals surface area contributed by atoms with Crippen molar-refractivity contribution < 1.29 is 13.5 Å². The van der Waals surface area contributed by atoms with Crippen molar-refractivity contribution in [3.63, 3.8) is 0 Å². The highest BCUT2D eigenvalue weighted by atomic mass is 32.2. The number of hydrogen-bond acceptors (Lipinski definition) is 3. The van der Waals surface area contributed by atoms with E-state index >= 15 is 0 Å². The number of piperidine rings is 1. The van der Waals surface area contributed by atoms with E-state index in [0.29, 0.717) is 11.4 Å². The molecule has 4 nitrogen and oxygen atoms in total. The summed E-state index contributed by atoms with van der Waals surface area (Å²) in [4.78, 5) is 0.333. The highest BCUT2D eigenvalue weighted by Crippen LogP contribution is 2.45. The van der Waals surface area contributed by atoms with Gasteiger partial charge in [0.15, 0.2) is 0 Å². The first kappa shape index (κ1) is 14.0. The van der Waals surface area contributed by atoms with Crippen molar-refractivity contribution in [2.45, 2.75) is 55.6 Å². The van der Waals surface area contributed by atoms with Gasteiger partial charge in [0.2, 0.25) is 10.0 Å². The molecule has 0 spiro atoms. The summed E-state index contributed by atoms with van der Waals surface area (Å²) in [7, 11) is -3.50. The summed E-state index contributed by atoms with van der Waals surface area (Å²) in [5, 5.41) is 10.4. The number of benzene rings is 1. The molecule has 1 aliphatic heterocycles.